The zero-order valence-electron chi connectivity index (χ0n) is 15.0. The van der Waals surface area contributed by atoms with Gasteiger partial charge in [-0.25, -0.2) is 0 Å². The van der Waals surface area contributed by atoms with Crippen LogP contribution in [-0.2, 0) is 11.2 Å². The topological polar surface area (TPSA) is 53.8 Å². The number of hydrogen-bond acceptors (Lipinski definition) is 3. The van der Waals surface area contributed by atoms with Gasteiger partial charge in [-0.15, -0.1) is 5.10 Å². The van der Waals surface area contributed by atoms with E-state index in [9.17, 15) is 4.79 Å². The standard InChI is InChI=1S/C10H15N3O.C9H12/c1-6(2)8(4)10(14)11-9-5-7(3)12-13-9;1-3-9-6-4-8(2)5-7-9/h5H2,1-4H3,(H,11,13,14);4-7H,3H2,1-2H3. The number of amidine groups is 1. The Kier molecular flexibility index (Phi) is 7.39. The molecule has 0 radical (unpaired) electrons. The van der Waals surface area contributed by atoms with E-state index in [2.05, 4.69) is 53.6 Å². The van der Waals surface area contributed by atoms with Crippen LogP contribution in [0.2, 0.25) is 0 Å². The predicted octanol–water partition coefficient (Wildman–Crippen LogP) is 4.19. The van der Waals surface area contributed by atoms with Crippen molar-refractivity contribution >= 4 is 17.5 Å². The van der Waals surface area contributed by atoms with Crippen molar-refractivity contribution in [1.29, 1.82) is 0 Å². The highest BCUT2D eigenvalue weighted by Crippen LogP contribution is 2.04. The van der Waals surface area contributed by atoms with Crippen LogP contribution in [0.5, 0.6) is 0 Å². The Morgan fingerprint density at radius 2 is 1.70 bits per heavy atom. The van der Waals surface area contributed by atoms with Crippen molar-refractivity contribution < 1.29 is 4.79 Å². The molecule has 4 heteroatoms. The second kappa shape index (κ2) is 9.03. The fourth-order valence-electron chi connectivity index (χ4n) is 1.80. The molecule has 1 amide bonds. The van der Waals surface area contributed by atoms with Crippen molar-refractivity contribution in [2.45, 2.75) is 54.4 Å². The summed E-state index contributed by atoms with van der Waals surface area (Å²) in [7, 11) is 0. The maximum Gasteiger partial charge on any atom is 0.252 e. The van der Waals surface area contributed by atoms with Gasteiger partial charge in [-0.1, -0.05) is 42.3 Å². The third-order valence-corrected chi connectivity index (χ3v) is 3.64. The van der Waals surface area contributed by atoms with Gasteiger partial charge < -0.3 is 5.32 Å². The van der Waals surface area contributed by atoms with E-state index in [1.165, 1.54) is 11.1 Å². The van der Waals surface area contributed by atoms with Crippen LogP contribution in [0.4, 0.5) is 0 Å². The Bertz CT molecular complexity index is 633. The molecule has 124 valence electrons. The van der Waals surface area contributed by atoms with Crippen LogP contribution in [-0.4, -0.2) is 17.5 Å². The Morgan fingerprint density at radius 1 is 1.09 bits per heavy atom. The summed E-state index contributed by atoms with van der Waals surface area (Å²) in [5, 5.41) is 10.4. The molecule has 2 rings (SSSR count). The first-order valence-electron chi connectivity index (χ1n) is 7.94. The zero-order valence-corrected chi connectivity index (χ0v) is 15.0. The van der Waals surface area contributed by atoms with E-state index in [4.69, 9.17) is 0 Å². The Morgan fingerprint density at radius 3 is 2.13 bits per heavy atom. The van der Waals surface area contributed by atoms with Crippen LogP contribution in [0.15, 0.2) is 45.6 Å². The second-order valence-electron chi connectivity index (χ2n) is 5.98. The lowest BCUT2D eigenvalue weighted by molar-refractivity contribution is -0.116. The molecule has 1 aromatic carbocycles. The van der Waals surface area contributed by atoms with E-state index < -0.39 is 0 Å². The molecule has 0 unspecified atom stereocenters. The molecule has 1 aliphatic heterocycles. The van der Waals surface area contributed by atoms with Crippen molar-refractivity contribution in [2.75, 3.05) is 0 Å². The Hall–Kier alpha value is -2.23. The van der Waals surface area contributed by atoms with Gasteiger partial charge in [0.1, 0.15) is 5.84 Å². The summed E-state index contributed by atoms with van der Waals surface area (Å²) in [6.07, 6.45) is 1.78. The number of benzene rings is 1. The quantitative estimate of drug-likeness (QED) is 0.818. The summed E-state index contributed by atoms with van der Waals surface area (Å²) >= 11 is 0. The Labute approximate surface area is 139 Å². The van der Waals surface area contributed by atoms with Crippen molar-refractivity contribution in [1.82, 2.24) is 5.32 Å². The molecule has 0 spiro atoms. The largest absolute Gasteiger partial charge is 0.309 e. The van der Waals surface area contributed by atoms with E-state index in [-0.39, 0.29) is 5.91 Å². The summed E-state index contributed by atoms with van der Waals surface area (Å²) in [4.78, 5) is 11.5. The van der Waals surface area contributed by atoms with Gasteiger partial charge in [0.25, 0.3) is 5.91 Å². The number of amides is 1. The molecule has 0 saturated heterocycles. The number of allylic oxidation sites excluding steroid dienone is 1. The SMILES string of the molecule is CC1=NN=C(NC(=O)C(C)=C(C)C)C1.CCc1ccc(C)cc1. The third-order valence-electron chi connectivity index (χ3n) is 3.64. The number of rotatable bonds is 2. The van der Waals surface area contributed by atoms with Crippen LogP contribution in [0.25, 0.3) is 0 Å². The normalized spacial score (nSPS) is 12.6. The van der Waals surface area contributed by atoms with E-state index in [1.54, 1.807) is 6.92 Å². The van der Waals surface area contributed by atoms with E-state index in [0.717, 1.165) is 23.3 Å². The van der Waals surface area contributed by atoms with Crippen LogP contribution in [0.3, 0.4) is 0 Å². The summed E-state index contributed by atoms with van der Waals surface area (Å²) in [5.41, 5.74) is 5.43. The number of carbonyl (C=O) groups is 1. The molecule has 0 bridgehead atoms. The highest BCUT2D eigenvalue weighted by atomic mass is 16.1. The van der Waals surface area contributed by atoms with E-state index in [1.807, 2.05) is 20.8 Å². The average Bonchev–Trinajstić information content (AvgIpc) is 2.92. The minimum Gasteiger partial charge on any atom is -0.309 e. The van der Waals surface area contributed by atoms with Gasteiger partial charge in [-0.3, -0.25) is 4.79 Å². The Balaban J connectivity index is 0.000000253. The number of carbonyl (C=O) groups excluding carboxylic acids is 1. The fourth-order valence-corrected chi connectivity index (χ4v) is 1.80. The number of hydrogen-bond donors (Lipinski definition) is 1. The third kappa shape index (κ3) is 6.59. The van der Waals surface area contributed by atoms with Crippen LogP contribution in [0.1, 0.15) is 52.2 Å². The molecule has 1 N–H and O–H groups in total. The minimum absolute atomic E-state index is 0.0892. The van der Waals surface area contributed by atoms with Crippen molar-refractivity contribution in [3.05, 3.63) is 46.5 Å². The molecule has 0 aliphatic carbocycles. The van der Waals surface area contributed by atoms with Crippen molar-refractivity contribution in [3.63, 3.8) is 0 Å². The predicted molar refractivity (Wildman–Crippen MR) is 97.9 cm³/mol. The molecule has 0 aromatic heterocycles. The summed E-state index contributed by atoms with van der Waals surface area (Å²) in [6.45, 7) is 11.8. The fraction of sp³-hybridized carbons (Fsp3) is 0.421. The summed E-state index contributed by atoms with van der Waals surface area (Å²) in [6, 6.07) is 8.66. The lowest BCUT2D eigenvalue weighted by atomic mass is 10.1. The summed E-state index contributed by atoms with van der Waals surface area (Å²) < 4.78 is 0. The average molecular weight is 313 g/mol. The number of aryl methyl sites for hydroxylation is 2. The lowest BCUT2D eigenvalue weighted by Gasteiger charge is -2.05. The monoisotopic (exact) mass is 313 g/mol. The first-order valence-corrected chi connectivity index (χ1v) is 7.94. The van der Waals surface area contributed by atoms with Gasteiger partial charge in [0.05, 0.1) is 0 Å². The first kappa shape index (κ1) is 18.8. The van der Waals surface area contributed by atoms with Gasteiger partial charge in [0.2, 0.25) is 0 Å². The molecule has 0 atom stereocenters. The smallest absolute Gasteiger partial charge is 0.252 e. The van der Waals surface area contributed by atoms with Gasteiger partial charge in [-0.2, -0.15) is 5.10 Å². The molecule has 1 aliphatic rings. The molecule has 4 nitrogen and oxygen atoms in total. The molecule has 23 heavy (non-hydrogen) atoms. The molecule has 1 aromatic rings. The highest BCUT2D eigenvalue weighted by Gasteiger charge is 2.13. The van der Waals surface area contributed by atoms with Gasteiger partial charge in [-0.05, 0) is 46.6 Å². The molecule has 0 fully saturated rings. The minimum atomic E-state index is -0.0892. The van der Waals surface area contributed by atoms with Crippen LogP contribution in [0, 0.1) is 6.92 Å². The van der Waals surface area contributed by atoms with Crippen molar-refractivity contribution in [2.24, 2.45) is 10.2 Å². The molecule has 0 saturated carbocycles. The highest BCUT2D eigenvalue weighted by molar-refractivity contribution is 6.13. The van der Waals surface area contributed by atoms with Gasteiger partial charge in [0.15, 0.2) is 0 Å². The van der Waals surface area contributed by atoms with Crippen molar-refractivity contribution in [3.8, 4) is 0 Å². The van der Waals surface area contributed by atoms with Crippen LogP contribution >= 0.6 is 0 Å². The lowest BCUT2D eigenvalue weighted by Crippen LogP contribution is -2.31. The van der Waals surface area contributed by atoms with E-state index >= 15 is 0 Å². The molecular weight excluding hydrogens is 286 g/mol. The number of nitrogens with one attached hydrogen (secondary N) is 1. The zero-order chi connectivity index (χ0) is 17.4. The van der Waals surface area contributed by atoms with Gasteiger partial charge in [0, 0.05) is 17.7 Å². The molecular formula is C19H27N3O. The van der Waals surface area contributed by atoms with Gasteiger partial charge >= 0.3 is 0 Å². The van der Waals surface area contributed by atoms with Crippen LogP contribution < -0.4 is 5.32 Å². The number of nitrogens with zero attached hydrogens (tertiary/aromatic N) is 2. The second-order valence-corrected chi connectivity index (χ2v) is 5.98. The summed E-state index contributed by atoms with van der Waals surface area (Å²) in [5.74, 6) is 0.543. The van der Waals surface area contributed by atoms with E-state index in [0.29, 0.717) is 12.3 Å². The first-order chi connectivity index (χ1) is 10.8. The maximum atomic E-state index is 11.5. The molecule has 1 heterocycles. The maximum absolute atomic E-state index is 11.5.